The zero-order valence-corrected chi connectivity index (χ0v) is 3.57. The molecule has 0 spiro atoms. The fraction of sp³-hybridized carbons (Fsp3) is 0. The van der Waals surface area contributed by atoms with Crippen molar-refractivity contribution in [3.63, 3.8) is 0 Å². The molecule has 0 aromatic heterocycles. The molecule has 0 unspecified atom stereocenters. The summed E-state index contributed by atoms with van der Waals surface area (Å²) < 4.78 is 0. The summed E-state index contributed by atoms with van der Waals surface area (Å²) in [6.45, 7) is 0. The Labute approximate surface area is 43.5 Å². The quantitative estimate of drug-likeness (QED) is 0.475. The molecule has 0 N–H and O–H groups in total. The molecule has 0 amide bonds. The minimum Gasteiger partial charge on any atom is -0.269 e. The molecule has 0 aliphatic carbocycles. The molecular formula is H2Co2F2. The fourth-order valence-electron chi connectivity index (χ4n) is 0. The van der Waals surface area contributed by atoms with E-state index in [-0.39, 0.29) is 43.0 Å². The summed E-state index contributed by atoms with van der Waals surface area (Å²) in [5.41, 5.74) is 0. The van der Waals surface area contributed by atoms with Crippen LogP contribution in [-0.2, 0) is 33.6 Å². The van der Waals surface area contributed by atoms with Crippen LogP contribution in [0.2, 0.25) is 0 Å². The third-order valence-corrected chi connectivity index (χ3v) is 0. The fourth-order valence-corrected chi connectivity index (χ4v) is 0. The van der Waals surface area contributed by atoms with Gasteiger partial charge in [-0.1, -0.05) is 0 Å². The van der Waals surface area contributed by atoms with Crippen LogP contribution in [0.1, 0.15) is 0 Å². The second kappa shape index (κ2) is 41.9. The summed E-state index contributed by atoms with van der Waals surface area (Å²) in [5.74, 6) is 0. The van der Waals surface area contributed by atoms with E-state index in [2.05, 4.69) is 0 Å². The van der Waals surface area contributed by atoms with Gasteiger partial charge in [0.05, 0.1) is 0 Å². The van der Waals surface area contributed by atoms with Crippen molar-refractivity contribution >= 4 is 0 Å². The maximum Gasteiger partial charge on any atom is 0 e. The maximum atomic E-state index is 0. The molecule has 34 valence electrons. The largest absolute Gasteiger partial charge is 0.269 e. The molecule has 0 atom stereocenters. The topological polar surface area (TPSA) is 0 Å². The van der Waals surface area contributed by atoms with E-state index in [9.17, 15) is 0 Å². The van der Waals surface area contributed by atoms with Crippen molar-refractivity contribution in [2.24, 2.45) is 0 Å². The Balaban J connectivity index is 0. The summed E-state index contributed by atoms with van der Waals surface area (Å²) in [7, 11) is 0. The molecule has 0 aliphatic heterocycles. The molecule has 0 aromatic rings. The monoisotopic (exact) mass is 158 g/mol. The van der Waals surface area contributed by atoms with Crippen molar-refractivity contribution < 1.29 is 43.0 Å². The number of hydrogen-bond donors (Lipinski definition) is 0. The van der Waals surface area contributed by atoms with Gasteiger partial charge in [-0.25, -0.2) is 0 Å². The number of rotatable bonds is 0. The van der Waals surface area contributed by atoms with E-state index in [0.717, 1.165) is 0 Å². The van der Waals surface area contributed by atoms with Gasteiger partial charge >= 0.3 is 0 Å². The molecule has 0 aromatic carbocycles. The third kappa shape index (κ3) is 13.2. The second-order valence-electron chi connectivity index (χ2n) is 0. The van der Waals surface area contributed by atoms with Crippen LogP contribution < -0.4 is 0 Å². The number of halogens is 2. The molecule has 4 heavy (non-hydrogen) atoms. The SMILES string of the molecule is F.F.[Co].[Co]. The summed E-state index contributed by atoms with van der Waals surface area (Å²) in [6.07, 6.45) is 0. The molecule has 0 saturated heterocycles. The van der Waals surface area contributed by atoms with Crippen molar-refractivity contribution in [1.29, 1.82) is 0 Å². The first-order valence-corrected chi connectivity index (χ1v) is 0. The Bertz CT molecular complexity index is 4.00. The average Bonchev–Trinajstić information content (AvgIpc) is 0. The molecule has 4 heteroatoms. The smallest absolute Gasteiger partial charge is 0 e. The Hall–Kier alpha value is 0.873. The van der Waals surface area contributed by atoms with E-state index in [1.807, 2.05) is 0 Å². The van der Waals surface area contributed by atoms with Gasteiger partial charge in [-0.05, 0) is 0 Å². The van der Waals surface area contributed by atoms with Crippen molar-refractivity contribution in [2.45, 2.75) is 0 Å². The van der Waals surface area contributed by atoms with Crippen LogP contribution in [0.5, 0.6) is 0 Å². The van der Waals surface area contributed by atoms with Crippen LogP contribution in [-0.4, -0.2) is 0 Å². The van der Waals surface area contributed by atoms with Crippen LogP contribution in [0, 0.1) is 0 Å². The second-order valence-corrected chi connectivity index (χ2v) is 0. The van der Waals surface area contributed by atoms with E-state index >= 15 is 0 Å². The van der Waals surface area contributed by atoms with Gasteiger partial charge in [0.15, 0.2) is 0 Å². The van der Waals surface area contributed by atoms with Gasteiger partial charge in [-0.3, -0.25) is 9.41 Å². The predicted octanol–water partition coefficient (Wildman–Crippen LogP) is 0.300. The number of hydrogen-bond acceptors (Lipinski definition) is 0. The van der Waals surface area contributed by atoms with Gasteiger partial charge in [-0.15, -0.1) is 0 Å². The van der Waals surface area contributed by atoms with Crippen molar-refractivity contribution in [1.82, 2.24) is 0 Å². The molecule has 0 rings (SSSR count). The van der Waals surface area contributed by atoms with Crippen LogP contribution in [0.4, 0.5) is 9.41 Å². The summed E-state index contributed by atoms with van der Waals surface area (Å²) >= 11 is 0. The zero-order chi connectivity index (χ0) is 0. The molecule has 0 saturated carbocycles. The zero-order valence-electron chi connectivity index (χ0n) is 1.48. The Morgan fingerprint density at radius 3 is 0.500 bits per heavy atom. The standard InChI is InChI=1S/2Co.2FH/h;;2*1H. The van der Waals surface area contributed by atoms with Gasteiger partial charge < -0.3 is 0 Å². The van der Waals surface area contributed by atoms with Crippen molar-refractivity contribution in [2.75, 3.05) is 0 Å². The third-order valence-electron chi connectivity index (χ3n) is 0. The molecule has 0 heterocycles. The Kier molecular flexibility index (Phi) is 1010. The van der Waals surface area contributed by atoms with Gasteiger partial charge in [0.1, 0.15) is 0 Å². The van der Waals surface area contributed by atoms with Gasteiger partial charge in [-0.2, -0.15) is 0 Å². The normalized spacial score (nSPS) is 0. The van der Waals surface area contributed by atoms with Crippen LogP contribution >= 0.6 is 0 Å². The van der Waals surface area contributed by atoms with E-state index in [0.29, 0.717) is 0 Å². The minimum absolute atomic E-state index is 0. The molecule has 2 radical (unpaired) electrons. The first-order chi connectivity index (χ1) is 0. The van der Waals surface area contributed by atoms with E-state index in [1.54, 1.807) is 0 Å². The van der Waals surface area contributed by atoms with E-state index in [1.165, 1.54) is 0 Å². The van der Waals surface area contributed by atoms with Crippen LogP contribution in [0.25, 0.3) is 0 Å². The Morgan fingerprint density at radius 1 is 0.500 bits per heavy atom. The molecule has 0 bridgehead atoms. The van der Waals surface area contributed by atoms with Crippen LogP contribution in [0.3, 0.4) is 0 Å². The summed E-state index contributed by atoms with van der Waals surface area (Å²) in [5, 5.41) is 0. The molecule has 0 fully saturated rings. The van der Waals surface area contributed by atoms with Crippen LogP contribution in [0.15, 0.2) is 0 Å². The Morgan fingerprint density at radius 2 is 0.500 bits per heavy atom. The molecule has 0 aliphatic rings. The van der Waals surface area contributed by atoms with Crippen molar-refractivity contribution in [3.05, 3.63) is 0 Å². The summed E-state index contributed by atoms with van der Waals surface area (Å²) in [4.78, 5) is 0. The first kappa shape index (κ1) is 95.9. The van der Waals surface area contributed by atoms with E-state index < -0.39 is 0 Å². The first-order valence-electron chi connectivity index (χ1n) is 0. The minimum atomic E-state index is 0. The van der Waals surface area contributed by atoms with Gasteiger partial charge in [0.2, 0.25) is 0 Å². The van der Waals surface area contributed by atoms with Gasteiger partial charge in [0, 0.05) is 33.6 Å². The van der Waals surface area contributed by atoms with Gasteiger partial charge in [0.25, 0.3) is 0 Å². The average molecular weight is 158 g/mol. The molecule has 0 nitrogen and oxygen atoms in total. The molecular weight excluding hydrogens is 156 g/mol. The maximum absolute atomic E-state index is 0. The summed E-state index contributed by atoms with van der Waals surface area (Å²) in [6, 6.07) is 0. The van der Waals surface area contributed by atoms with Crippen molar-refractivity contribution in [3.8, 4) is 0 Å². The van der Waals surface area contributed by atoms with E-state index in [4.69, 9.17) is 0 Å². The predicted molar refractivity (Wildman–Crippen MR) is 5.01 cm³/mol.